The first-order chi connectivity index (χ1) is 8.36. The normalized spacial score (nSPS) is 12.3. The zero-order valence-corrected chi connectivity index (χ0v) is 12.0. The van der Waals surface area contributed by atoms with E-state index in [-0.39, 0.29) is 24.4 Å². The fourth-order valence-electron chi connectivity index (χ4n) is 1.53. The molecule has 0 spiro atoms. The van der Waals surface area contributed by atoms with E-state index in [0.29, 0.717) is 18.9 Å². The SMILES string of the molecule is CCCC(N)CC(=O)N(C)CC(=O)NCC(C)C. The van der Waals surface area contributed by atoms with Crippen molar-refractivity contribution in [3.05, 3.63) is 0 Å². The van der Waals surface area contributed by atoms with Crippen LogP contribution in [0, 0.1) is 5.92 Å². The van der Waals surface area contributed by atoms with Crippen LogP contribution in [0.1, 0.15) is 40.0 Å². The molecule has 2 amide bonds. The first-order valence-corrected chi connectivity index (χ1v) is 6.63. The Balaban J connectivity index is 3.96. The number of nitrogens with one attached hydrogen (secondary N) is 1. The van der Waals surface area contributed by atoms with Crippen LogP contribution in [0.4, 0.5) is 0 Å². The van der Waals surface area contributed by atoms with Crippen molar-refractivity contribution in [2.75, 3.05) is 20.1 Å². The summed E-state index contributed by atoms with van der Waals surface area (Å²) in [6.45, 7) is 6.83. The van der Waals surface area contributed by atoms with Gasteiger partial charge in [-0.15, -0.1) is 0 Å². The van der Waals surface area contributed by atoms with Gasteiger partial charge in [-0.2, -0.15) is 0 Å². The predicted octanol–water partition coefficient (Wildman–Crippen LogP) is 0.735. The molecule has 106 valence electrons. The fraction of sp³-hybridized carbons (Fsp3) is 0.846. The zero-order chi connectivity index (χ0) is 14.1. The highest BCUT2D eigenvalue weighted by Crippen LogP contribution is 2.01. The summed E-state index contributed by atoms with van der Waals surface area (Å²) in [5.41, 5.74) is 5.80. The largest absolute Gasteiger partial charge is 0.354 e. The highest BCUT2D eigenvalue weighted by Gasteiger charge is 2.15. The average molecular weight is 257 g/mol. The summed E-state index contributed by atoms with van der Waals surface area (Å²) in [4.78, 5) is 24.7. The molecule has 0 aliphatic carbocycles. The van der Waals surface area contributed by atoms with Gasteiger partial charge in [-0.1, -0.05) is 27.2 Å². The molecule has 0 saturated heterocycles. The van der Waals surface area contributed by atoms with E-state index in [0.717, 1.165) is 12.8 Å². The van der Waals surface area contributed by atoms with Crippen LogP contribution in [-0.4, -0.2) is 42.9 Å². The van der Waals surface area contributed by atoms with Crippen molar-refractivity contribution in [1.29, 1.82) is 0 Å². The van der Waals surface area contributed by atoms with E-state index >= 15 is 0 Å². The van der Waals surface area contributed by atoms with Crippen LogP contribution in [0.25, 0.3) is 0 Å². The van der Waals surface area contributed by atoms with Crippen molar-refractivity contribution < 1.29 is 9.59 Å². The number of carbonyl (C=O) groups excluding carboxylic acids is 2. The molecule has 1 atom stereocenters. The molecule has 18 heavy (non-hydrogen) atoms. The maximum absolute atomic E-state index is 11.8. The van der Waals surface area contributed by atoms with E-state index < -0.39 is 0 Å². The Morgan fingerprint density at radius 1 is 1.33 bits per heavy atom. The molecule has 0 radical (unpaired) electrons. The Morgan fingerprint density at radius 3 is 2.44 bits per heavy atom. The number of nitrogens with two attached hydrogens (primary N) is 1. The molecule has 0 bridgehead atoms. The Kier molecular flexibility index (Phi) is 8.37. The minimum absolute atomic E-state index is 0.0735. The van der Waals surface area contributed by atoms with Crippen LogP contribution in [0.15, 0.2) is 0 Å². The molecule has 0 aliphatic rings. The molecule has 0 aromatic heterocycles. The minimum Gasteiger partial charge on any atom is -0.354 e. The standard InChI is InChI=1S/C13H27N3O2/c1-5-6-11(14)7-13(18)16(4)9-12(17)15-8-10(2)3/h10-11H,5-9,14H2,1-4H3,(H,15,17). The maximum Gasteiger partial charge on any atom is 0.239 e. The van der Waals surface area contributed by atoms with Crippen LogP contribution in [0.5, 0.6) is 0 Å². The van der Waals surface area contributed by atoms with E-state index in [9.17, 15) is 9.59 Å². The molecule has 0 aliphatic heterocycles. The smallest absolute Gasteiger partial charge is 0.239 e. The van der Waals surface area contributed by atoms with Gasteiger partial charge in [-0.25, -0.2) is 0 Å². The quantitative estimate of drug-likeness (QED) is 0.673. The first kappa shape index (κ1) is 16.9. The van der Waals surface area contributed by atoms with Crippen molar-refractivity contribution in [2.45, 2.75) is 46.1 Å². The number of hydrogen-bond acceptors (Lipinski definition) is 3. The van der Waals surface area contributed by atoms with E-state index in [1.165, 1.54) is 4.90 Å². The van der Waals surface area contributed by atoms with E-state index in [4.69, 9.17) is 5.73 Å². The summed E-state index contributed by atoms with van der Waals surface area (Å²) in [5.74, 6) is 0.215. The fourth-order valence-corrected chi connectivity index (χ4v) is 1.53. The lowest BCUT2D eigenvalue weighted by molar-refractivity contribution is -0.135. The lowest BCUT2D eigenvalue weighted by Crippen LogP contribution is -2.41. The second-order valence-electron chi connectivity index (χ2n) is 5.20. The van der Waals surface area contributed by atoms with Crippen LogP contribution >= 0.6 is 0 Å². The summed E-state index contributed by atoms with van der Waals surface area (Å²) in [6.07, 6.45) is 2.11. The van der Waals surface area contributed by atoms with Gasteiger partial charge in [0.05, 0.1) is 6.54 Å². The van der Waals surface area contributed by atoms with Crippen LogP contribution < -0.4 is 11.1 Å². The average Bonchev–Trinajstić information content (AvgIpc) is 2.26. The molecule has 0 aromatic carbocycles. The minimum atomic E-state index is -0.122. The zero-order valence-electron chi connectivity index (χ0n) is 12.0. The van der Waals surface area contributed by atoms with Crippen LogP contribution in [-0.2, 0) is 9.59 Å². The number of nitrogens with zero attached hydrogens (tertiary/aromatic N) is 1. The van der Waals surface area contributed by atoms with E-state index in [1.807, 2.05) is 20.8 Å². The summed E-state index contributed by atoms with van der Waals surface area (Å²) in [5, 5.41) is 2.78. The van der Waals surface area contributed by atoms with Crippen molar-refractivity contribution in [1.82, 2.24) is 10.2 Å². The number of hydrogen-bond donors (Lipinski definition) is 2. The Morgan fingerprint density at radius 2 is 1.94 bits per heavy atom. The summed E-state index contributed by atoms with van der Waals surface area (Å²) < 4.78 is 0. The van der Waals surface area contributed by atoms with Gasteiger partial charge < -0.3 is 16.0 Å². The number of carbonyl (C=O) groups is 2. The van der Waals surface area contributed by atoms with Gasteiger partial charge in [-0.3, -0.25) is 9.59 Å². The summed E-state index contributed by atoms with van der Waals surface area (Å²) in [7, 11) is 1.63. The van der Waals surface area contributed by atoms with Gasteiger partial charge in [0, 0.05) is 26.1 Å². The lowest BCUT2D eigenvalue weighted by atomic mass is 10.1. The van der Waals surface area contributed by atoms with E-state index in [1.54, 1.807) is 7.05 Å². The van der Waals surface area contributed by atoms with Crippen LogP contribution in [0.2, 0.25) is 0 Å². The monoisotopic (exact) mass is 257 g/mol. The highest BCUT2D eigenvalue weighted by atomic mass is 16.2. The van der Waals surface area contributed by atoms with Crippen molar-refractivity contribution in [2.24, 2.45) is 11.7 Å². The Labute approximate surface area is 110 Å². The molecular formula is C13H27N3O2. The number of rotatable bonds is 8. The highest BCUT2D eigenvalue weighted by molar-refractivity contribution is 5.84. The summed E-state index contributed by atoms with van der Waals surface area (Å²) >= 11 is 0. The van der Waals surface area contributed by atoms with Crippen molar-refractivity contribution in [3.63, 3.8) is 0 Å². The molecule has 0 aromatic rings. The molecule has 0 fully saturated rings. The van der Waals surface area contributed by atoms with Gasteiger partial charge in [0.2, 0.25) is 11.8 Å². The third kappa shape index (κ3) is 8.06. The number of likely N-dealkylation sites (N-methyl/N-ethyl adjacent to an activating group) is 1. The second-order valence-corrected chi connectivity index (χ2v) is 5.20. The van der Waals surface area contributed by atoms with Crippen molar-refractivity contribution >= 4 is 11.8 Å². The van der Waals surface area contributed by atoms with Crippen LogP contribution in [0.3, 0.4) is 0 Å². The third-order valence-electron chi connectivity index (χ3n) is 2.61. The molecule has 0 saturated carbocycles. The number of amides is 2. The Bertz CT molecular complexity index is 267. The molecule has 1 unspecified atom stereocenters. The van der Waals surface area contributed by atoms with Gasteiger partial charge >= 0.3 is 0 Å². The van der Waals surface area contributed by atoms with Gasteiger partial charge in [-0.05, 0) is 12.3 Å². The second kappa shape index (κ2) is 8.91. The lowest BCUT2D eigenvalue weighted by Gasteiger charge is -2.19. The molecular weight excluding hydrogens is 230 g/mol. The van der Waals surface area contributed by atoms with Gasteiger partial charge in [0.25, 0.3) is 0 Å². The van der Waals surface area contributed by atoms with Crippen molar-refractivity contribution in [3.8, 4) is 0 Å². The van der Waals surface area contributed by atoms with Gasteiger partial charge in [0.1, 0.15) is 0 Å². The first-order valence-electron chi connectivity index (χ1n) is 6.63. The molecule has 5 heteroatoms. The van der Waals surface area contributed by atoms with Gasteiger partial charge in [0.15, 0.2) is 0 Å². The Hall–Kier alpha value is -1.10. The molecule has 0 rings (SSSR count). The predicted molar refractivity (Wildman–Crippen MR) is 73.0 cm³/mol. The molecule has 0 heterocycles. The third-order valence-corrected chi connectivity index (χ3v) is 2.61. The van der Waals surface area contributed by atoms with E-state index in [2.05, 4.69) is 5.32 Å². The molecule has 3 N–H and O–H groups in total. The summed E-state index contributed by atoms with van der Waals surface area (Å²) in [6, 6.07) is -0.108. The molecule has 5 nitrogen and oxygen atoms in total. The maximum atomic E-state index is 11.8. The topological polar surface area (TPSA) is 75.4 Å².